The molecule has 0 bridgehead atoms. The molecule has 0 radical (unpaired) electrons. The van der Waals surface area contributed by atoms with Crippen LogP contribution in [0.3, 0.4) is 0 Å². The molecular formula is C16H15F3N2O6S2. The van der Waals surface area contributed by atoms with Crippen LogP contribution in [-0.4, -0.2) is 38.5 Å². The van der Waals surface area contributed by atoms with Gasteiger partial charge >= 0.3 is 6.18 Å². The number of rotatable bonds is 9. The molecule has 1 aromatic carbocycles. The fraction of sp³-hybridized carbons (Fsp3) is 0.312. The largest absolute Gasteiger partial charge is 0.485 e. The van der Waals surface area contributed by atoms with Crippen molar-refractivity contribution in [2.75, 3.05) is 19.4 Å². The highest BCUT2D eigenvalue weighted by Gasteiger charge is 2.36. The molecule has 2 aromatic rings. The Labute approximate surface area is 167 Å². The number of alkyl halides is 3. The number of nitrogens with zero attached hydrogens (tertiary/aromatic N) is 1. The Kier molecular flexibility index (Phi) is 6.97. The number of sulfonamides is 1. The number of nitrogens with one attached hydrogen (secondary N) is 1. The van der Waals surface area contributed by atoms with Gasteiger partial charge in [-0.2, -0.15) is 13.2 Å². The topological polar surface area (TPSA) is 116 Å². The maximum atomic E-state index is 13.1. The molecule has 1 heterocycles. The van der Waals surface area contributed by atoms with Crippen LogP contribution in [0.5, 0.6) is 5.75 Å². The summed E-state index contributed by atoms with van der Waals surface area (Å²) in [5, 5.41) is 10.7. The smallest absolute Gasteiger partial charge is 0.420 e. The second kappa shape index (κ2) is 8.88. The first-order valence-electron chi connectivity index (χ1n) is 7.92. The summed E-state index contributed by atoms with van der Waals surface area (Å²) in [6, 6.07) is 5.07. The molecule has 0 saturated carbocycles. The van der Waals surface area contributed by atoms with Crippen LogP contribution in [-0.2, 0) is 22.6 Å². The fourth-order valence-electron chi connectivity index (χ4n) is 2.22. The van der Waals surface area contributed by atoms with Crippen molar-refractivity contribution >= 4 is 32.8 Å². The zero-order chi connectivity index (χ0) is 21.8. The lowest BCUT2D eigenvalue weighted by atomic mass is 10.1. The number of non-ortho nitro benzene ring substituents is 1. The van der Waals surface area contributed by atoms with E-state index in [4.69, 9.17) is 4.74 Å². The van der Waals surface area contributed by atoms with Crippen LogP contribution >= 0.6 is 11.3 Å². The van der Waals surface area contributed by atoms with Gasteiger partial charge in [0, 0.05) is 23.6 Å². The van der Waals surface area contributed by atoms with E-state index in [-0.39, 0.29) is 11.4 Å². The number of ether oxygens (including phenoxy) is 1. The minimum atomic E-state index is -4.90. The molecule has 0 aliphatic carbocycles. The molecule has 0 amide bonds. The number of Topliss-reactive ketones (excluding diaryl/α,β-unsaturated/α-hetero) is 1. The van der Waals surface area contributed by atoms with Crippen LogP contribution in [0.1, 0.15) is 20.1 Å². The zero-order valence-corrected chi connectivity index (χ0v) is 16.5. The van der Waals surface area contributed by atoms with Gasteiger partial charge in [-0.25, -0.2) is 13.1 Å². The van der Waals surface area contributed by atoms with Gasteiger partial charge in [-0.15, -0.1) is 11.3 Å². The Hall–Kier alpha value is -2.51. The lowest BCUT2D eigenvalue weighted by molar-refractivity contribution is -0.385. The first-order valence-corrected chi connectivity index (χ1v) is 10.6. The Balaban J connectivity index is 2.05. The van der Waals surface area contributed by atoms with E-state index in [9.17, 15) is 36.5 Å². The van der Waals surface area contributed by atoms with E-state index in [1.165, 1.54) is 6.07 Å². The van der Waals surface area contributed by atoms with Crippen LogP contribution in [0.15, 0.2) is 30.3 Å². The first-order chi connectivity index (χ1) is 13.4. The molecule has 8 nitrogen and oxygen atoms in total. The normalized spacial score (nSPS) is 12.0. The van der Waals surface area contributed by atoms with Crippen LogP contribution in [0.2, 0.25) is 0 Å². The first kappa shape index (κ1) is 22.8. The van der Waals surface area contributed by atoms with E-state index in [2.05, 4.69) is 4.72 Å². The third kappa shape index (κ3) is 6.80. The van der Waals surface area contributed by atoms with Crippen molar-refractivity contribution in [1.82, 2.24) is 4.72 Å². The lowest BCUT2D eigenvalue weighted by Gasteiger charge is -2.13. The van der Waals surface area contributed by atoms with Gasteiger partial charge in [0.15, 0.2) is 6.61 Å². The van der Waals surface area contributed by atoms with Gasteiger partial charge in [0.25, 0.3) is 5.69 Å². The molecule has 29 heavy (non-hydrogen) atoms. The summed E-state index contributed by atoms with van der Waals surface area (Å²) in [6.45, 7) is -0.552. The summed E-state index contributed by atoms with van der Waals surface area (Å²) >= 11 is 1.07. The van der Waals surface area contributed by atoms with Crippen LogP contribution in [0.4, 0.5) is 18.9 Å². The zero-order valence-electron chi connectivity index (χ0n) is 14.9. The predicted molar refractivity (Wildman–Crippen MR) is 98.8 cm³/mol. The van der Waals surface area contributed by atoms with Crippen molar-refractivity contribution in [2.24, 2.45) is 0 Å². The van der Waals surface area contributed by atoms with E-state index in [0.717, 1.165) is 29.7 Å². The SMILES string of the molecule is CS(=O)(=O)NCCc1ccc(C(=O)COc2ccc([N+](=O)[O-])cc2C(F)(F)F)s1. The van der Waals surface area contributed by atoms with E-state index in [1.54, 1.807) is 6.07 Å². The monoisotopic (exact) mass is 452 g/mol. The van der Waals surface area contributed by atoms with Gasteiger partial charge in [-0.3, -0.25) is 14.9 Å². The summed E-state index contributed by atoms with van der Waals surface area (Å²) in [6.07, 6.45) is -3.54. The van der Waals surface area contributed by atoms with Crippen LogP contribution in [0.25, 0.3) is 0 Å². The molecule has 1 aromatic heterocycles. The predicted octanol–water partition coefficient (Wildman–Crippen LogP) is 3.03. The van der Waals surface area contributed by atoms with Crippen molar-refractivity contribution in [1.29, 1.82) is 0 Å². The van der Waals surface area contributed by atoms with Crippen molar-refractivity contribution in [3.63, 3.8) is 0 Å². The molecule has 1 N–H and O–H groups in total. The summed E-state index contributed by atoms with van der Waals surface area (Å²) < 4.78 is 68.6. The molecule has 0 unspecified atom stereocenters. The maximum absolute atomic E-state index is 13.1. The maximum Gasteiger partial charge on any atom is 0.420 e. The van der Waals surface area contributed by atoms with Crippen LogP contribution < -0.4 is 9.46 Å². The highest BCUT2D eigenvalue weighted by atomic mass is 32.2. The number of hydrogen-bond acceptors (Lipinski definition) is 7. The Bertz CT molecular complexity index is 1020. The second-order valence-electron chi connectivity index (χ2n) is 5.83. The molecule has 13 heteroatoms. The van der Waals surface area contributed by atoms with E-state index >= 15 is 0 Å². The third-order valence-electron chi connectivity index (χ3n) is 3.51. The molecular weight excluding hydrogens is 437 g/mol. The number of thiophene rings is 1. The Morgan fingerprint density at radius 3 is 2.55 bits per heavy atom. The van der Waals surface area contributed by atoms with Gasteiger partial charge in [0.2, 0.25) is 15.8 Å². The van der Waals surface area contributed by atoms with Gasteiger partial charge in [0.1, 0.15) is 11.3 Å². The number of ketones is 1. The quantitative estimate of drug-likeness (QED) is 0.355. The summed E-state index contributed by atoms with van der Waals surface area (Å²) in [4.78, 5) is 22.8. The standard InChI is InChI=1S/C16H15F3N2O6S2/c1-29(25,26)20-7-6-11-3-5-15(28-11)13(22)9-27-14-4-2-10(21(23)24)8-12(14)16(17,18)19/h2-5,8,20H,6-7,9H2,1H3. The average molecular weight is 452 g/mol. The van der Waals surface area contributed by atoms with Gasteiger partial charge in [-0.05, 0) is 24.6 Å². The molecule has 2 rings (SSSR count). The molecule has 0 spiro atoms. The van der Waals surface area contributed by atoms with Crippen molar-refractivity contribution in [3.05, 3.63) is 55.8 Å². The van der Waals surface area contributed by atoms with Gasteiger partial charge in [-0.1, -0.05) is 0 Å². The second-order valence-corrected chi connectivity index (χ2v) is 8.83. The number of benzene rings is 1. The van der Waals surface area contributed by atoms with Crippen LogP contribution in [0, 0.1) is 10.1 Å². The number of hydrogen-bond donors (Lipinski definition) is 1. The highest BCUT2D eigenvalue weighted by molar-refractivity contribution is 7.88. The van der Waals surface area contributed by atoms with E-state index in [0.29, 0.717) is 17.4 Å². The third-order valence-corrected chi connectivity index (χ3v) is 5.42. The average Bonchev–Trinajstić information content (AvgIpc) is 3.06. The summed E-state index contributed by atoms with van der Waals surface area (Å²) in [5.41, 5.74) is -2.10. The van der Waals surface area contributed by atoms with Crippen molar-refractivity contribution < 1.29 is 36.0 Å². The number of halogens is 3. The van der Waals surface area contributed by atoms with Gasteiger partial charge < -0.3 is 4.74 Å². The number of carbonyl (C=O) groups is 1. The molecule has 0 fully saturated rings. The summed E-state index contributed by atoms with van der Waals surface area (Å²) in [5.74, 6) is -1.27. The lowest BCUT2D eigenvalue weighted by Crippen LogP contribution is -2.24. The van der Waals surface area contributed by atoms with E-state index < -0.39 is 50.5 Å². The molecule has 0 saturated heterocycles. The Morgan fingerprint density at radius 2 is 1.97 bits per heavy atom. The van der Waals surface area contributed by atoms with Crippen molar-refractivity contribution in [3.8, 4) is 5.75 Å². The minimum absolute atomic E-state index is 0.140. The number of nitro groups is 1. The minimum Gasteiger partial charge on any atom is -0.485 e. The summed E-state index contributed by atoms with van der Waals surface area (Å²) in [7, 11) is -3.33. The molecule has 158 valence electrons. The fourth-order valence-corrected chi connectivity index (χ4v) is 3.62. The molecule has 0 aliphatic heterocycles. The number of nitro benzene ring substituents is 1. The Morgan fingerprint density at radius 1 is 1.28 bits per heavy atom. The highest BCUT2D eigenvalue weighted by Crippen LogP contribution is 2.38. The van der Waals surface area contributed by atoms with E-state index in [1.807, 2.05) is 0 Å². The van der Waals surface area contributed by atoms with Crippen molar-refractivity contribution in [2.45, 2.75) is 12.6 Å². The number of carbonyl (C=O) groups excluding carboxylic acids is 1. The molecule has 0 atom stereocenters. The molecule has 0 aliphatic rings. The van der Waals surface area contributed by atoms with Gasteiger partial charge in [0.05, 0.1) is 16.1 Å².